The second-order valence-electron chi connectivity index (χ2n) is 7.43. The summed E-state index contributed by atoms with van der Waals surface area (Å²) in [6.45, 7) is 4.05. The van der Waals surface area contributed by atoms with Crippen molar-refractivity contribution >= 4 is 35.0 Å². The Morgan fingerprint density at radius 3 is 2.39 bits per heavy atom. The molecule has 0 bridgehead atoms. The maximum Gasteiger partial charge on any atom is 0.234 e. The van der Waals surface area contributed by atoms with Gasteiger partial charge in [0.2, 0.25) is 11.8 Å². The fourth-order valence-corrected chi connectivity index (χ4v) is 4.16. The number of rotatable bonds is 6. The number of thioether (sulfide) groups is 1. The number of carbonyl (C=O) groups excluding carboxylic acids is 2. The molecule has 2 aromatic carbocycles. The molecule has 2 amide bonds. The zero-order valence-corrected chi connectivity index (χ0v) is 17.4. The molecule has 1 saturated carbocycles. The van der Waals surface area contributed by atoms with Crippen LogP contribution in [0.5, 0.6) is 0 Å². The quantitative estimate of drug-likeness (QED) is 0.629. The minimum Gasteiger partial charge on any atom is -0.326 e. The van der Waals surface area contributed by atoms with Gasteiger partial charge in [0.25, 0.3) is 0 Å². The van der Waals surface area contributed by atoms with E-state index in [1.165, 1.54) is 18.2 Å². The van der Waals surface area contributed by atoms with Gasteiger partial charge in [0.05, 0.1) is 5.75 Å². The Labute approximate surface area is 171 Å². The van der Waals surface area contributed by atoms with Crippen molar-refractivity contribution in [2.45, 2.75) is 50.8 Å². The lowest BCUT2D eigenvalue weighted by atomic mass is 9.88. The molecule has 0 atom stereocenters. The summed E-state index contributed by atoms with van der Waals surface area (Å²) in [4.78, 5) is 25.6. The summed E-state index contributed by atoms with van der Waals surface area (Å²) in [7, 11) is 0. The van der Waals surface area contributed by atoms with Crippen LogP contribution >= 0.6 is 11.8 Å². The van der Waals surface area contributed by atoms with Gasteiger partial charge in [-0.05, 0) is 68.1 Å². The number of amides is 2. The molecule has 148 valence electrons. The Balaban J connectivity index is 1.48. The third-order valence-corrected chi connectivity index (χ3v) is 6.36. The molecule has 4 nitrogen and oxygen atoms in total. The Hall–Kier alpha value is -2.27. The first-order chi connectivity index (χ1) is 13.5. The predicted octanol–water partition coefficient (Wildman–Crippen LogP) is 5.55. The van der Waals surface area contributed by atoms with E-state index in [2.05, 4.69) is 10.6 Å². The standard InChI is InChI=1S/C23H28N2O2S/c1-16-7-6-10-21(17(16)2)25-22(26)15-28-20-13-11-19(12-14-20)24-23(27)18-8-4-3-5-9-18/h6-7,10-14,18H,3-5,8-9,15H2,1-2H3,(H,24,27)(H,25,26). The molecule has 0 unspecified atom stereocenters. The van der Waals surface area contributed by atoms with Crippen LogP contribution in [0, 0.1) is 19.8 Å². The van der Waals surface area contributed by atoms with Crippen molar-refractivity contribution < 1.29 is 9.59 Å². The van der Waals surface area contributed by atoms with Crippen LogP contribution in [0.2, 0.25) is 0 Å². The minimum atomic E-state index is -0.0200. The third kappa shape index (κ3) is 5.61. The molecule has 0 aromatic heterocycles. The SMILES string of the molecule is Cc1cccc(NC(=O)CSc2ccc(NC(=O)C3CCCCC3)cc2)c1C. The molecule has 5 heteroatoms. The second-order valence-corrected chi connectivity index (χ2v) is 8.48. The first-order valence-corrected chi connectivity index (χ1v) is 10.9. The lowest BCUT2D eigenvalue weighted by Gasteiger charge is -2.20. The van der Waals surface area contributed by atoms with E-state index in [1.54, 1.807) is 0 Å². The third-order valence-electron chi connectivity index (χ3n) is 5.35. The zero-order chi connectivity index (χ0) is 19.9. The van der Waals surface area contributed by atoms with Crippen LogP contribution in [0.3, 0.4) is 0 Å². The van der Waals surface area contributed by atoms with Gasteiger partial charge in [0, 0.05) is 22.2 Å². The van der Waals surface area contributed by atoms with Crippen LogP contribution in [-0.2, 0) is 9.59 Å². The summed E-state index contributed by atoms with van der Waals surface area (Å²) < 4.78 is 0. The van der Waals surface area contributed by atoms with Crippen molar-refractivity contribution in [3.05, 3.63) is 53.6 Å². The van der Waals surface area contributed by atoms with Gasteiger partial charge in [-0.15, -0.1) is 11.8 Å². The largest absolute Gasteiger partial charge is 0.326 e. The van der Waals surface area contributed by atoms with Gasteiger partial charge < -0.3 is 10.6 Å². The van der Waals surface area contributed by atoms with Crippen LogP contribution in [0.15, 0.2) is 47.4 Å². The normalized spacial score (nSPS) is 14.5. The van der Waals surface area contributed by atoms with Crippen molar-refractivity contribution in [3.8, 4) is 0 Å². The summed E-state index contributed by atoms with van der Waals surface area (Å²) >= 11 is 1.49. The molecule has 0 saturated heterocycles. The van der Waals surface area contributed by atoms with Crippen LogP contribution in [0.1, 0.15) is 43.2 Å². The lowest BCUT2D eigenvalue weighted by molar-refractivity contribution is -0.120. The number of benzene rings is 2. The summed E-state index contributed by atoms with van der Waals surface area (Å²) in [5.41, 5.74) is 3.95. The Morgan fingerprint density at radius 2 is 1.68 bits per heavy atom. The lowest BCUT2D eigenvalue weighted by Crippen LogP contribution is -2.24. The molecule has 0 aliphatic heterocycles. The summed E-state index contributed by atoms with van der Waals surface area (Å²) in [5, 5.41) is 6.00. The highest BCUT2D eigenvalue weighted by atomic mass is 32.2. The van der Waals surface area contributed by atoms with Gasteiger partial charge in [-0.25, -0.2) is 0 Å². The maximum atomic E-state index is 12.3. The fraction of sp³-hybridized carbons (Fsp3) is 0.391. The number of carbonyl (C=O) groups is 2. The molecule has 2 N–H and O–H groups in total. The van der Waals surface area contributed by atoms with Crippen LogP contribution < -0.4 is 10.6 Å². The smallest absolute Gasteiger partial charge is 0.234 e. The first kappa shape index (κ1) is 20.5. The van der Waals surface area contributed by atoms with Gasteiger partial charge >= 0.3 is 0 Å². The summed E-state index contributed by atoms with van der Waals surface area (Å²) in [6.07, 6.45) is 5.53. The van der Waals surface area contributed by atoms with E-state index in [4.69, 9.17) is 0 Å². The minimum absolute atomic E-state index is 0.0200. The van der Waals surface area contributed by atoms with Crippen molar-refractivity contribution in [1.82, 2.24) is 0 Å². The van der Waals surface area contributed by atoms with Crippen molar-refractivity contribution in [1.29, 1.82) is 0 Å². The number of anilines is 2. The summed E-state index contributed by atoms with van der Waals surface area (Å²) in [5.74, 6) is 0.610. The predicted molar refractivity (Wildman–Crippen MR) is 117 cm³/mol. The molecule has 2 aromatic rings. The van der Waals surface area contributed by atoms with E-state index < -0.39 is 0 Å². The van der Waals surface area contributed by atoms with Gasteiger partial charge in [0.1, 0.15) is 0 Å². The maximum absolute atomic E-state index is 12.3. The summed E-state index contributed by atoms with van der Waals surface area (Å²) in [6, 6.07) is 13.6. The van der Waals surface area contributed by atoms with Crippen molar-refractivity contribution in [2.75, 3.05) is 16.4 Å². The Bertz CT molecular complexity index is 827. The van der Waals surface area contributed by atoms with Crippen LogP contribution in [0.25, 0.3) is 0 Å². The average Bonchev–Trinajstić information content (AvgIpc) is 2.71. The van der Waals surface area contributed by atoms with E-state index in [9.17, 15) is 9.59 Å². The number of aryl methyl sites for hydroxylation is 1. The van der Waals surface area contributed by atoms with Gasteiger partial charge in [0.15, 0.2) is 0 Å². The first-order valence-electron chi connectivity index (χ1n) is 9.93. The van der Waals surface area contributed by atoms with Crippen molar-refractivity contribution in [3.63, 3.8) is 0 Å². The molecule has 0 spiro atoms. The highest BCUT2D eigenvalue weighted by Crippen LogP contribution is 2.26. The molecule has 1 aliphatic carbocycles. The average molecular weight is 397 g/mol. The van der Waals surface area contributed by atoms with Crippen molar-refractivity contribution in [2.24, 2.45) is 5.92 Å². The second kappa shape index (κ2) is 9.78. The molecule has 28 heavy (non-hydrogen) atoms. The molecular weight excluding hydrogens is 368 g/mol. The fourth-order valence-electron chi connectivity index (χ4n) is 3.47. The Kier molecular flexibility index (Phi) is 7.15. The molecule has 0 heterocycles. The van der Waals surface area contributed by atoms with Crippen LogP contribution in [0.4, 0.5) is 11.4 Å². The number of nitrogens with one attached hydrogen (secondary N) is 2. The van der Waals surface area contributed by atoms with E-state index in [0.29, 0.717) is 5.75 Å². The van der Waals surface area contributed by atoms with Crippen LogP contribution in [-0.4, -0.2) is 17.6 Å². The topological polar surface area (TPSA) is 58.2 Å². The van der Waals surface area contributed by atoms with E-state index in [1.807, 2.05) is 56.3 Å². The highest BCUT2D eigenvalue weighted by Gasteiger charge is 2.20. The molecule has 1 aliphatic rings. The van der Waals surface area contributed by atoms with E-state index >= 15 is 0 Å². The Morgan fingerprint density at radius 1 is 0.964 bits per heavy atom. The van der Waals surface area contributed by atoms with Gasteiger partial charge in [-0.2, -0.15) is 0 Å². The highest BCUT2D eigenvalue weighted by molar-refractivity contribution is 8.00. The van der Waals surface area contributed by atoms with Gasteiger partial charge in [-0.3, -0.25) is 9.59 Å². The number of hydrogen-bond donors (Lipinski definition) is 2. The zero-order valence-electron chi connectivity index (χ0n) is 16.6. The van der Waals surface area contributed by atoms with Gasteiger partial charge in [-0.1, -0.05) is 31.4 Å². The molecule has 0 radical (unpaired) electrons. The molecule has 1 fully saturated rings. The van der Waals surface area contributed by atoms with E-state index in [-0.39, 0.29) is 17.7 Å². The number of hydrogen-bond acceptors (Lipinski definition) is 3. The van der Waals surface area contributed by atoms with E-state index in [0.717, 1.165) is 53.1 Å². The monoisotopic (exact) mass is 396 g/mol. The molecular formula is C23H28N2O2S. The molecule has 3 rings (SSSR count).